The Morgan fingerprint density at radius 3 is 2.62 bits per heavy atom. The summed E-state index contributed by atoms with van der Waals surface area (Å²) in [6.07, 6.45) is 0.967. The van der Waals surface area contributed by atoms with Gasteiger partial charge in [-0.1, -0.05) is 20.8 Å². The highest BCUT2D eigenvalue weighted by Crippen LogP contribution is 2.20. The Bertz CT molecular complexity index is 355. The molecule has 0 bridgehead atoms. The van der Waals surface area contributed by atoms with Crippen LogP contribution in [0.25, 0.3) is 0 Å². The van der Waals surface area contributed by atoms with Crippen LogP contribution in [0.3, 0.4) is 0 Å². The molecule has 16 heavy (non-hydrogen) atoms. The van der Waals surface area contributed by atoms with Gasteiger partial charge in [0.25, 0.3) is 0 Å². The maximum Gasteiger partial charge on any atom is 0.140 e. The van der Waals surface area contributed by atoms with E-state index in [-0.39, 0.29) is 0 Å². The minimum absolute atomic E-state index is 0.592. The maximum absolute atomic E-state index is 5.90. The number of nitrogens with two attached hydrogens (primary N) is 1. The molecule has 0 saturated heterocycles. The fraction of sp³-hybridized carbons (Fsp3) is 0.636. The Hall–Kier alpha value is -0.0400. The van der Waals surface area contributed by atoms with E-state index in [4.69, 9.17) is 5.73 Å². The molecule has 0 aliphatic heterocycles. The summed E-state index contributed by atoms with van der Waals surface area (Å²) in [5.41, 5.74) is 6.99. The minimum Gasteiger partial charge on any atom is -0.383 e. The fourth-order valence-corrected chi connectivity index (χ4v) is 2.32. The zero-order valence-electron chi connectivity index (χ0n) is 9.96. The Kier molecular flexibility index (Phi) is 5.82. The number of nitrogen functional groups attached to an aromatic ring is 1. The lowest BCUT2D eigenvalue weighted by Gasteiger charge is -2.10. The van der Waals surface area contributed by atoms with Crippen molar-refractivity contribution in [3.05, 3.63) is 15.1 Å². The first-order valence-corrected chi connectivity index (χ1v) is 7.66. The van der Waals surface area contributed by atoms with Crippen LogP contribution in [0, 0.1) is 9.49 Å². The van der Waals surface area contributed by atoms with E-state index in [0.717, 1.165) is 33.0 Å². The van der Waals surface area contributed by atoms with Gasteiger partial charge in [-0.2, -0.15) is 11.8 Å². The molecule has 0 aromatic carbocycles. The minimum atomic E-state index is 0.592. The van der Waals surface area contributed by atoms with Gasteiger partial charge >= 0.3 is 0 Å². The number of aromatic nitrogens is 2. The SMILES string of the molecule is CCSCc1nc(N)c(I)c(CC(C)C)n1. The Morgan fingerprint density at radius 2 is 2.06 bits per heavy atom. The van der Waals surface area contributed by atoms with Gasteiger partial charge in [-0.05, 0) is 40.7 Å². The van der Waals surface area contributed by atoms with Crippen molar-refractivity contribution < 1.29 is 0 Å². The summed E-state index contributed by atoms with van der Waals surface area (Å²) in [4.78, 5) is 8.91. The third-order valence-electron chi connectivity index (χ3n) is 2.03. The lowest BCUT2D eigenvalue weighted by molar-refractivity contribution is 0.629. The molecule has 0 amide bonds. The number of nitrogens with zero attached hydrogens (tertiary/aromatic N) is 2. The summed E-state index contributed by atoms with van der Waals surface area (Å²) >= 11 is 4.06. The van der Waals surface area contributed by atoms with Gasteiger partial charge in [-0.25, -0.2) is 9.97 Å². The van der Waals surface area contributed by atoms with Gasteiger partial charge in [0.2, 0.25) is 0 Å². The quantitative estimate of drug-likeness (QED) is 0.829. The molecule has 0 spiro atoms. The highest BCUT2D eigenvalue weighted by Gasteiger charge is 2.11. The molecule has 1 rings (SSSR count). The molecule has 90 valence electrons. The summed E-state index contributed by atoms with van der Waals surface area (Å²) in [5.74, 6) is 4.00. The maximum atomic E-state index is 5.90. The Morgan fingerprint density at radius 1 is 1.38 bits per heavy atom. The molecule has 0 saturated carbocycles. The van der Waals surface area contributed by atoms with Gasteiger partial charge in [0.15, 0.2) is 0 Å². The van der Waals surface area contributed by atoms with Crippen LogP contribution in [0.2, 0.25) is 0 Å². The zero-order valence-corrected chi connectivity index (χ0v) is 12.9. The summed E-state index contributed by atoms with van der Waals surface area (Å²) in [5, 5.41) is 0. The van der Waals surface area contributed by atoms with Crippen LogP contribution in [0.4, 0.5) is 5.82 Å². The van der Waals surface area contributed by atoms with E-state index in [2.05, 4.69) is 53.3 Å². The van der Waals surface area contributed by atoms with Crippen molar-refractivity contribution >= 4 is 40.2 Å². The molecule has 5 heteroatoms. The zero-order chi connectivity index (χ0) is 12.1. The second-order valence-electron chi connectivity index (χ2n) is 4.02. The van der Waals surface area contributed by atoms with Crippen molar-refractivity contribution in [3.63, 3.8) is 0 Å². The summed E-state index contributed by atoms with van der Waals surface area (Å²) in [6.45, 7) is 6.51. The van der Waals surface area contributed by atoms with Crippen LogP contribution in [0.15, 0.2) is 0 Å². The third-order valence-corrected chi connectivity index (χ3v) is 4.07. The standard InChI is InChI=1S/C11H18IN3S/c1-4-16-6-9-14-8(5-7(2)3)10(12)11(13)15-9/h7H,4-6H2,1-3H3,(H2,13,14,15). The van der Waals surface area contributed by atoms with Crippen molar-refractivity contribution in [2.24, 2.45) is 5.92 Å². The van der Waals surface area contributed by atoms with Crippen LogP contribution in [0.1, 0.15) is 32.3 Å². The largest absolute Gasteiger partial charge is 0.383 e. The van der Waals surface area contributed by atoms with Crippen molar-refractivity contribution in [2.75, 3.05) is 11.5 Å². The molecule has 1 aromatic heterocycles. The average molecular weight is 351 g/mol. The molecule has 0 radical (unpaired) electrons. The molecule has 1 aromatic rings. The van der Waals surface area contributed by atoms with Gasteiger partial charge in [0.1, 0.15) is 11.6 Å². The second-order valence-corrected chi connectivity index (χ2v) is 6.37. The van der Waals surface area contributed by atoms with Crippen molar-refractivity contribution in [2.45, 2.75) is 32.9 Å². The molecule has 0 aliphatic rings. The smallest absolute Gasteiger partial charge is 0.140 e. The first-order chi connectivity index (χ1) is 7.54. The molecule has 0 aliphatic carbocycles. The van der Waals surface area contributed by atoms with E-state index in [1.807, 2.05) is 11.8 Å². The number of thioether (sulfide) groups is 1. The van der Waals surface area contributed by atoms with Crippen molar-refractivity contribution in [1.82, 2.24) is 9.97 Å². The average Bonchev–Trinajstić information content (AvgIpc) is 2.21. The second kappa shape index (κ2) is 6.64. The van der Waals surface area contributed by atoms with Crippen LogP contribution in [-0.4, -0.2) is 15.7 Å². The predicted molar refractivity (Wildman–Crippen MR) is 79.5 cm³/mol. The molecule has 2 N–H and O–H groups in total. The van der Waals surface area contributed by atoms with E-state index in [1.54, 1.807) is 0 Å². The number of rotatable bonds is 5. The number of anilines is 1. The fourth-order valence-electron chi connectivity index (χ4n) is 1.35. The molecule has 0 atom stereocenters. The first-order valence-electron chi connectivity index (χ1n) is 5.43. The van der Waals surface area contributed by atoms with E-state index in [1.165, 1.54) is 0 Å². The summed E-state index contributed by atoms with van der Waals surface area (Å²) in [7, 11) is 0. The van der Waals surface area contributed by atoms with Crippen LogP contribution in [-0.2, 0) is 12.2 Å². The van der Waals surface area contributed by atoms with Gasteiger partial charge in [-0.15, -0.1) is 0 Å². The Balaban J connectivity index is 2.92. The van der Waals surface area contributed by atoms with E-state index in [9.17, 15) is 0 Å². The van der Waals surface area contributed by atoms with E-state index >= 15 is 0 Å². The van der Waals surface area contributed by atoms with Crippen molar-refractivity contribution in [1.29, 1.82) is 0 Å². The molecule has 0 fully saturated rings. The van der Waals surface area contributed by atoms with E-state index in [0.29, 0.717) is 11.7 Å². The van der Waals surface area contributed by atoms with Crippen molar-refractivity contribution in [3.8, 4) is 0 Å². The van der Waals surface area contributed by atoms with Crippen LogP contribution >= 0.6 is 34.4 Å². The topological polar surface area (TPSA) is 51.8 Å². The van der Waals surface area contributed by atoms with Gasteiger partial charge in [-0.3, -0.25) is 0 Å². The summed E-state index contributed by atoms with van der Waals surface area (Å²) < 4.78 is 1.01. The normalized spacial score (nSPS) is 11.1. The third kappa shape index (κ3) is 4.08. The predicted octanol–water partition coefficient (Wildman–Crippen LogP) is 3.12. The Labute approximate surface area is 115 Å². The lowest BCUT2D eigenvalue weighted by atomic mass is 10.1. The number of hydrogen-bond acceptors (Lipinski definition) is 4. The molecule has 1 heterocycles. The molecule has 3 nitrogen and oxygen atoms in total. The van der Waals surface area contributed by atoms with Crippen LogP contribution < -0.4 is 5.73 Å². The number of halogens is 1. The van der Waals surface area contributed by atoms with Gasteiger partial charge in [0.05, 0.1) is 15.0 Å². The lowest BCUT2D eigenvalue weighted by Crippen LogP contribution is -2.09. The highest BCUT2D eigenvalue weighted by molar-refractivity contribution is 14.1. The van der Waals surface area contributed by atoms with Gasteiger partial charge < -0.3 is 5.73 Å². The monoisotopic (exact) mass is 351 g/mol. The first kappa shape index (κ1) is 14.0. The molecule has 0 unspecified atom stereocenters. The van der Waals surface area contributed by atoms with Gasteiger partial charge in [0, 0.05) is 0 Å². The molecular formula is C11H18IN3S. The summed E-state index contributed by atoms with van der Waals surface area (Å²) in [6, 6.07) is 0. The molecular weight excluding hydrogens is 333 g/mol. The number of hydrogen-bond donors (Lipinski definition) is 1. The van der Waals surface area contributed by atoms with Crippen LogP contribution in [0.5, 0.6) is 0 Å². The van der Waals surface area contributed by atoms with E-state index < -0.39 is 0 Å². The highest BCUT2D eigenvalue weighted by atomic mass is 127.